The van der Waals surface area contributed by atoms with Gasteiger partial charge in [-0.2, -0.15) is 4.98 Å². The Bertz CT molecular complexity index is 1040. The van der Waals surface area contributed by atoms with Crippen LogP contribution in [0.3, 0.4) is 0 Å². The zero-order chi connectivity index (χ0) is 19.7. The quantitative estimate of drug-likeness (QED) is 0.341. The van der Waals surface area contributed by atoms with Crippen LogP contribution in [0.25, 0.3) is 11.0 Å². The minimum Gasteiger partial charge on any atom is -0.363 e. The molecule has 10 heteroatoms. The molecule has 0 aliphatic heterocycles. The third-order valence-electron chi connectivity index (χ3n) is 4.54. The van der Waals surface area contributed by atoms with Crippen LogP contribution in [0.2, 0.25) is 5.15 Å². The highest BCUT2D eigenvalue weighted by atomic mass is 35.5. The van der Waals surface area contributed by atoms with Gasteiger partial charge in [0.15, 0.2) is 5.82 Å². The number of rotatable bonds is 7. The molecule has 1 aliphatic carbocycles. The van der Waals surface area contributed by atoms with Gasteiger partial charge in [0.1, 0.15) is 10.7 Å². The van der Waals surface area contributed by atoms with Gasteiger partial charge in [0.25, 0.3) is 11.3 Å². The lowest BCUT2D eigenvalue weighted by Crippen LogP contribution is -2.18. The van der Waals surface area contributed by atoms with E-state index in [1.807, 2.05) is 18.2 Å². The van der Waals surface area contributed by atoms with Crippen LogP contribution in [-0.2, 0) is 17.8 Å². The van der Waals surface area contributed by atoms with E-state index in [0.717, 1.165) is 18.4 Å². The van der Waals surface area contributed by atoms with Crippen molar-refractivity contribution in [2.24, 2.45) is 0 Å². The SMILES string of the molecule is CC1(Nc2nc(NCc3ccc(NS(=O)O)cc3)nc3ccc(Cl)nc23)CC1. The molecule has 146 valence electrons. The van der Waals surface area contributed by atoms with Gasteiger partial charge in [-0.1, -0.05) is 23.7 Å². The highest BCUT2D eigenvalue weighted by Crippen LogP contribution is 2.39. The molecular weight excluding hydrogens is 400 g/mol. The van der Waals surface area contributed by atoms with Gasteiger partial charge in [0.05, 0.1) is 5.52 Å². The van der Waals surface area contributed by atoms with Crippen LogP contribution in [-0.4, -0.2) is 29.3 Å². The van der Waals surface area contributed by atoms with E-state index in [1.54, 1.807) is 18.2 Å². The lowest BCUT2D eigenvalue weighted by Gasteiger charge is -2.15. The summed E-state index contributed by atoms with van der Waals surface area (Å²) in [6.45, 7) is 2.65. The van der Waals surface area contributed by atoms with Crippen molar-refractivity contribution in [3.05, 3.63) is 47.1 Å². The standard InChI is InChI=1S/C18H19ClN6O2S/c1-18(8-9-18)24-16-15-13(6-7-14(19)22-15)21-17(23-16)20-10-11-2-4-12(5-3-11)25-28(26)27/h2-7,25H,8-10H2,1H3,(H,26,27)(H2,20,21,23,24). The lowest BCUT2D eigenvalue weighted by molar-refractivity contribution is 0.570. The number of halogens is 1. The van der Waals surface area contributed by atoms with Crippen LogP contribution in [0, 0.1) is 0 Å². The zero-order valence-corrected chi connectivity index (χ0v) is 16.6. The van der Waals surface area contributed by atoms with Crippen LogP contribution in [0.15, 0.2) is 36.4 Å². The average molecular weight is 419 g/mol. The number of hydrogen-bond donors (Lipinski definition) is 4. The molecule has 2 heterocycles. The second-order valence-electron chi connectivity index (χ2n) is 6.98. The molecule has 1 unspecified atom stereocenters. The van der Waals surface area contributed by atoms with Gasteiger partial charge in [-0.25, -0.2) is 14.2 Å². The fourth-order valence-corrected chi connectivity index (χ4v) is 3.21. The molecule has 1 aromatic carbocycles. The van der Waals surface area contributed by atoms with Crippen molar-refractivity contribution in [3.8, 4) is 0 Å². The summed E-state index contributed by atoms with van der Waals surface area (Å²) < 4.78 is 22.1. The van der Waals surface area contributed by atoms with Gasteiger partial charge in [0.2, 0.25) is 5.95 Å². The van der Waals surface area contributed by atoms with E-state index in [4.69, 9.17) is 16.2 Å². The Labute approximate surface area is 169 Å². The Morgan fingerprint density at radius 1 is 1.14 bits per heavy atom. The minimum absolute atomic E-state index is 0.0399. The molecule has 0 radical (unpaired) electrons. The number of fused-ring (bicyclic) bond motifs is 1. The van der Waals surface area contributed by atoms with E-state index in [0.29, 0.717) is 40.2 Å². The number of anilines is 3. The monoisotopic (exact) mass is 418 g/mol. The average Bonchev–Trinajstić information content (AvgIpc) is 3.38. The van der Waals surface area contributed by atoms with Crippen LogP contribution in [0.5, 0.6) is 0 Å². The number of nitrogens with one attached hydrogen (secondary N) is 3. The van der Waals surface area contributed by atoms with Crippen molar-refractivity contribution in [1.82, 2.24) is 15.0 Å². The van der Waals surface area contributed by atoms with E-state index in [1.165, 1.54) is 0 Å². The topological polar surface area (TPSA) is 112 Å². The van der Waals surface area contributed by atoms with Gasteiger partial charge >= 0.3 is 0 Å². The number of aromatic nitrogens is 3. The molecule has 0 amide bonds. The van der Waals surface area contributed by atoms with Gasteiger partial charge in [0, 0.05) is 17.8 Å². The first-order chi connectivity index (χ1) is 13.4. The Balaban J connectivity index is 1.55. The van der Waals surface area contributed by atoms with Crippen molar-refractivity contribution in [1.29, 1.82) is 0 Å². The van der Waals surface area contributed by atoms with Crippen molar-refractivity contribution in [3.63, 3.8) is 0 Å². The highest BCUT2D eigenvalue weighted by molar-refractivity contribution is 7.80. The first-order valence-electron chi connectivity index (χ1n) is 8.73. The first kappa shape index (κ1) is 18.9. The molecule has 8 nitrogen and oxygen atoms in total. The van der Waals surface area contributed by atoms with Crippen LogP contribution < -0.4 is 15.4 Å². The summed E-state index contributed by atoms with van der Waals surface area (Å²) in [5, 5.41) is 7.08. The van der Waals surface area contributed by atoms with E-state index in [2.05, 4.69) is 37.2 Å². The predicted molar refractivity (Wildman–Crippen MR) is 112 cm³/mol. The zero-order valence-electron chi connectivity index (χ0n) is 15.1. The van der Waals surface area contributed by atoms with Crippen LogP contribution >= 0.6 is 11.6 Å². The van der Waals surface area contributed by atoms with E-state index >= 15 is 0 Å². The largest absolute Gasteiger partial charge is 0.363 e. The number of nitrogens with zero attached hydrogens (tertiary/aromatic N) is 3. The Morgan fingerprint density at radius 2 is 1.89 bits per heavy atom. The predicted octanol–water partition coefficient (Wildman–Crippen LogP) is 3.80. The van der Waals surface area contributed by atoms with Crippen molar-refractivity contribution in [2.45, 2.75) is 31.8 Å². The molecule has 1 atom stereocenters. The van der Waals surface area contributed by atoms with E-state index in [9.17, 15) is 4.21 Å². The Kier molecular flexibility index (Phi) is 5.05. The molecule has 4 N–H and O–H groups in total. The number of hydrogen-bond acceptors (Lipinski definition) is 6. The second-order valence-corrected chi connectivity index (χ2v) is 8.07. The number of pyridine rings is 1. The second kappa shape index (κ2) is 7.50. The van der Waals surface area contributed by atoms with Crippen LogP contribution in [0.4, 0.5) is 17.5 Å². The maximum absolute atomic E-state index is 10.8. The van der Waals surface area contributed by atoms with Gasteiger partial charge in [-0.3, -0.25) is 9.27 Å². The molecule has 1 aliphatic rings. The summed E-state index contributed by atoms with van der Waals surface area (Å²) in [5.74, 6) is 1.15. The molecule has 3 aromatic rings. The molecule has 28 heavy (non-hydrogen) atoms. The maximum atomic E-state index is 10.8. The summed E-state index contributed by atoms with van der Waals surface area (Å²) >= 11 is 3.97. The Hall–Kier alpha value is -2.49. The summed E-state index contributed by atoms with van der Waals surface area (Å²) in [5.41, 5.74) is 2.95. The summed E-state index contributed by atoms with van der Waals surface area (Å²) in [6, 6.07) is 10.7. The molecule has 0 bridgehead atoms. The lowest BCUT2D eigenvalue weighted by atomic mass is 10.2. The molecule has 1 fully saturated rings. The van der Waals surface area contributed by atoms with Gasteiger partial charge in [-0.15, -0.1) is 0 Å². The summed E-state index contributed by atoms with van der Waals surface area (Å²) in [4.78, 5) is 13.5. The molecule has 0 spiro atoms. The van der Waals surface area contributed by atoms with Crippen molar-refractivity contribution in [2.75, 3.05) is 15.4 Å². The van der Waals surface area contributed by atoms with Crippen molar-refractivity contribution >= 4 is 51.4 Å². The fourth-order valence-electron chi connectivity index (χ4n) is 2.73. The summed E-state index contributed by atoms with van der Waals surface area (Å²) in [7, 11) is 0. The maximum Gasteiger partial charge on any atom is 0.259 e. The minimum atomic E-state index is -2.09. The number of benzene rings is 1. The third-order valence-corrected chi connectivity index (χ3v) is 5.16. The van der Waals surface area contributed by atoms with Crippen molar-refractivity contribution < 1.29 is 8.76 Å². The molecular formula is C18H19ClN6O2S. The third kappa shape index (κ3) is 4.49. The molecule has 4 rings (SSSR count). The highest BCUT2D eigenvalue weighted by Gasteiger charge is 2.38. The molecule has 2 aromatic heterocycles. The van der Waals surface area contributed by atoms with Gasteiger partial charge < -0.3 is 10.6 Å². The first-order valence-corrected chi connectivity index (χ1v) is 10.2. The van der Waals surface area contributed by atoms with E-state index < -0.39 is 11.3 Å². The fraction of sp³-hybridized carbons (Fsp3) is 0.278. The van der Waals surface area contributed by atoms with E-state index in [-0.39, 0.29) is 5.54 Å². The summed E-state index contributed by atoms with van der Waals surface area (Å²) in [6.07, 6.45) is 2.17. The van der Waals surface area contributed by atoms with Crippen LogP contribution in [0.1, 0.15) is 25.3 Å². The van der Waals surface area contributed by atoms with Gasteiger partial charge in [-0.05, 0) is 49.6 Å². The molecule has 1 saturated carbocycles. The smallest absolute Gasteiger partial charge is 0.259 e. The normalized spacial score (nSPS) is 15.8. The molecule has 0 saturated heterocycles. The Morgan fingerprint density at radius 3 is 2.57 bits per heavy atom.